The molecule has 1 heterocycles. The molecule has 0 amide bonds. The lowest BCUT2D eigenvalue weighted by Gasteiger charge is -2.12. The molecule has 4 nitrogen and oxygen atoms in total. The van der Waals surface area contributed by atoms with E-state index < -0.39 is 0 Å². The molecule has 0 fully saturated rings. The van der Waals surface area contributed by atoms with Gasteiger partial charge in [0.1, 0.15) is 11.4 Å². The molecule has 0 aliphatic heterocycles. The third-order valence-electron chi connectivity index (χ3n) is 2.46. The average Bonchev–Trinajstić information content (AvgIpc) is 2.40. The number of hydrogen-bond acceptors (Lipinski definition) is 4. The molecule has 1 aromatic carbocycles. The van der Waals surface area contributed by atoms with Crippen molar-refractivity contribution in [3.63, 3.8) is 0 Å². The number of nitrogens with one attached hydrogen (secondary N) is 1. The van der Waals surface area contributed by atoms with E-state index in [1.54, 1.807) is 25.6 Å². The van der Waals surface area contributed by atoms with Crippen LogP contribution < -0.4 is 10.1 Å². The lowest BCUT2D eigenvalue weighted by Crippen LogP contribution is -2.03. The quantitative estimate of drug-likeness (QED) is 0.920. The second-order valence-corrected chi connectivity index (χ2v) is 4.06. The molecule has 0 radical (unpaired) electrons. The number of hydrogen-bond donors (Lipinski definition) is 1. The molecule has 1 N–H and O–H groups in total. The van der Waals surface area contributed by atoms with Crippen LogP contribution in [0.3, 0.4) is 0 Å². The van der Waals surface area contributed by atoms with Gasteiger partial charge in [-0.25, -0.2) is 4.98 Å². The average molecular weight is 264 g/mol. The van der Waals surface area contributed by atoms with Gasteiger partial charge in [-0.1, -0.05) is 11.6 Å². The lowest BCUT2D eigenvalue weighted by atomic mass is 10.1. The Bertz CT molecular complexity index is 546. The minimum atomic E-state index is 0.638. The third-order valence-corrected chi connectivity index (χ3v) is 2.69. The predicted molar refractivity (Wildman–Crippen MR) is 73.2 cm³/mol. The van der Waals surface area contributed by atoms with Gasteiger partial charge in [0.25, 0.3) is 0 Å². The predicted octanol–water partition coefficient (Wildman–Crippen LogP) is 3.24. The summed E-state index contributed by atoms with van der Waals surface area (Å²) in [6.07, 6.45) is 3.30. The zero-order valence-electron chi connectivity index (χ0n) is 10.3. The molecule has 5 heteroatoms. The minimum Gasteiger partial charge on any atom is -0.496 e. The second-order valence-electron chi connectivity index (χ2n) is 3.63. The summed E-state index contributed by atoms with van der Waals surface area (Å²) in [5.74, 6) is 1.44. The third kappa shape index (κ3) is 2.54. The summed E-state index contributed by atoms with van der Waals surface area (Å²) in [6, 6.07) is 5.43. The van der Waals surface area contributed by atoms with Crippen LogP contribution in [0.4, 0.5) is 5.82 Å². The standard InChI is InChI=1S/C13H14ClN3O/c1-3-15-13-12(16-6-7-17-13)10-8-9(14)4-5-11(10)18-2/h4-8H,3H2,1-2H3,(H,15,17). The van der Waals surface area contributed by atoms with Gasteiger partial charge in [-0.15, -0.1) is 0 Å². The van der Waals surface area contributed by atoms with Gasteiger partial charge in [0, 0.05) is 29.5 Å². The summed E-state index contributed by atoms with van der Waals surface area (Å²) in [5.41, 5.74) is 1.56. The maximum atomic E-state index is 6.03. The Kier molecular flexibility index (Phi) is 3.99. The normalized spacial score (nSPS) is 10.2. The van der Waals surface area contributed by atoms with E-state index in [4.69, 9.17) is 16.3 Å². The van der Waals surface area contributed by atoms with Gasteiger partial charge in [-0.2, -0.15) is 0 Å². The Balaban J connectivity index is 2.57. The fourth-order valence-corrected chi connectivity index (χ4v) is 1.87. The number of aromatic nitrogens is 2. The first-order chi connectivity index (χ1) is 8.76. The van der Waals surface area contributed by atoms with Crippen molar-refractivity contribution in [2.45, 2.75) is 6.92 Å². The van der Waals surface area contributed by atoms with Gasteiger partial charge < -0.3 is 10.1 Å². The molecule has 0 spiro atoms. The van der Waals surface area contributed by atoms with E-state index in [2.05, 4.69) is 15.3 Å². The Hall–Kier alpha value is -1.81. The topological polar surface area (TPSA) is 47.0 Å². The molecule has 0 saturated carbocycles. The van der Waals surface area contributed by atoms with Gasteiger partial charge in [0.15, 0.2) is 5.82 Å². The van der Waals surface area contributed by atoms with Crippen LogP contribution in [0.1, 0.15) is 6.92 Å². The highest BCUT2D eigenvalue weighted by Gasteiger charge is 2.12. The minimum absolute atomic E-state index is 0.638. The zero-order valence-corrected chi connectivity index (χ0v) is 11.0. The summed E-state index contributed by atoms with van der Waals surface area (Å²) < 4.78 is 5.33. The van der Waals surface area contributed by atoms with E-state index in [-0.39, 0.29) is 0 Å². The Morgan fingerprint density at radius 1 is 1.28 bits per heavy atom. The monoisotopic (exact) mass is 263 g/mol. The smallest absolute Gasteiger partial charge is 0.152 e. The Labute approximate surface area is 111 Å². The Morgan fingerprint density at radius 3 is 2.78 bits per heavy atom. The van der Waals surface area contributed by atoms with Crippen LogP contribution in [0.15, 0.2) is 30.6 Å². The molecule has 94 valence electrons. The largest absolute Gasteiger partial charge is 0.496 e. The molecule has 1 aromatic heterocycles. The van der Waals surface area contributed by atoms with Crippen molar-refractivity contribution in [1.82, 2.24) is 9.97 Å². The van der Waals surface area contributed by atoms with Crippen molar-refractivity contribution in [1.29, 1.82) is 0 Å². The van der Waals surface area contributed by atoms with Crippen molar-refractivity contribution < 1.29 is 4.74 Å². The van der Waals surface area contributed by atoms with E-state index in [0.29, 0.717) is 5.02 Å². The summed E-state index contributed by atoms with van der Waals surface area (Å²) in [5, 5.41) is 3.81. The van der Waals surface area contributed by atoms with Gasteiger partial charge in [0.2, 0.25) is 0 Å². The number of anilines is 1. The van der Waals surface area contributed by atoms with Gasteiger partial charge in [0.05, 0.1) is 7.11 Å². The highest BCUT2D eigenvalue weighted by atomic mass is 35.5. The lowest BCUT2D eigenvalue weighted by molar-refractivity contribution is 0.416. The first kappa shape index (κ1) is 12.6. The number of methoxy groups -OCH3 is 1. The zero-order chi connectivity index (χ0) is 13.0. The number of nitrogens with zero attached hydrogens (tertiary/aromatic N) is 2. The Morgan fingerprint density at radius 2 is 2.06 bits per heavy atom. The molecule has 0 aliphatic rings. The van der Waals surface area contributed by atoms with Crippen molar-refractivity contribution in [2.24, 2.45) is 0 Å². The van der Waals surface area contributed by atoms with Crippen LogP contribution in [0, 0.1) is 0 Å². The molecular formula is C13H14ClN3O. The molecule has 18 heavy (non-hydrogen) atoms. The number of benzene rings is 1. The molecule has 2 aromatic rings. The van der Waals surface area contributed by atoms with Crippen LogP contribution in [0.2, 0.25) is 5.02 Å². The SMILES string of the molecule is CCNc1nccnc1-c1cc(Cl)ccc1OC. The first-order valence-corrected chi connectivity index (χ1v) is 6.02. The van der Waals surface area contributed by atoms with E-state index in [0.717, 1.165) is 29.4 Å². The fraction of sp³-hybridized carbons (Fsp3) is 0.231. The highest BCUT2D eigenvalue weighted by molar-refractivity contribution is 6.31. The van der Waals surface area contributed by atoms with E-state index in [1.165, 1.54) is 0 Å². The first-order valence-electron chi connectivity index (χ1n) is 5.65. The van der Waals surface area contributed by atoms with E-state index in [1.807, 2.05) is 19.1 Å². The number of halogens is 1. The van der Waals surface area contributed by atoms with Crippen LogP contribution in [0.5, 0.6) is 5.75 Å². The molecule has 0 bridgehead atoms. The van der Waals surface area contributed by atoms with Crippen LogP contribution in [-0.4, -0.2) is 23.6 Å². The van der Waals surface area contributed by atoms with Gasteiger partial charge in [-0.3, -0.25) is 4.98 Å². The summed E-state index contributed by atoms with van der Waals surface area (Å²) >= 11 is 6.03. The molecule has 0 atom stereocenters. The van der Waals surface area contributed by atoms with E-state index in [9.17, 15) is 0 Å². The van der Waals surface area contributed by atoms with Crippen molar-refractivity contribution in [2.75, 3.05) is 19.0 Å². The van der Waals surface area contributed by atoms with Crippen molar-refractivity contribution in [3.8, 4) is 17.0 Å². The van der Waals surface area contributed by atoms with Crippen molar-refractivity contribution >= 4 is 17.4 Å². The van der Waals surface area contributed by atoms with Crippen LogP contribution >= 0.6 is 11.6 Å². The molecule has 0 saturated heterocycles. The van der Waals surface area contributed by atoms with Crippen LogP contribution in [0.25, 0.3) is 11.3 Å². The molecular weight excluding hydrogens is 250 g/mol. The van der Waals surface area contributed by atoms with Crippen LogP contribution in [-0.2, 0) is 0 Å². The van der Waals surface area contributed by atoms with E-state index >= 15 is 0 Å². The second kappa shape index (κ2) is 5.69. The molecule has 0 unspecified atom stereocenters. The van der Waals surface area contributed by atoms with Crippen molar-refractivity contribution in [3.05, 3.63) is 35.6 Å². The number of ether oxygens (including phenoxy) is 1. The maximum Gasteiger partial charge on any atom is 0.152 e. The summed E-state index contributed by atoms with van der Waals surface area (Å²) in [7, 11) is 1.62. The highest BCUT2D eigenvalue weighted by Crippen LogP contribution is 2.34. The molecule has 0 aliphatic carbocycles. The molecule has 2 rings (SSSR count). The maximum absolute atomic E-state index is 6.03. The fourth-order valence-electron chi connectivity index (χ4n) is 1.70. The van der Waals surface area contributed by atoms with Gasteiger partial charge >= 0.3 is 0 Å². The number of rotatable bonds is 4. The van der Waals surface area contributed by atoms with Gasteiger partial charge in [-0.05, 0) is 25.1 Å². The summed E-state index contributed by atoms with van der Waals surface area (Å²) in [4.78, 5) is 8.63. The summed E-state index contributed by atoms with van der Waals surface area (Å²) in [6.45, 7) is 2.78.